The second-order valence-electron chi connectivity index (χ2n) is 5.94. The summed E-state index contributed by atoms with van der Waals surface area (Å²) in [5.74, 6) is -0.325. The van der Waals surface area contributed by atoms with Crippen LogP contribution >= 0.6 is 23.2 Å². The number of halogens is 2. The van der Waals surface area contributed by atoms with Crippen LogP contribution in [0.15, 0.2) is 36.4 Å². The second-order valence-corrected chi connectivity index (χ2v) is 6.76. The number of hydrogen-bond donors (Lipinski definition) is 1. The van der Waals surface area contributed by atoms with E-state index in [9.17, 15) is 9.59 Å². The molecule has 0 aliphatic rings. The Hall–Kier alpha value is -2.04. The molecule has 0 radical (unpaired) electrons. The molecular weight excluding hydrogens is 359 g/mol. The van der Waals surface area contributed by atoms with Crippen LogP contribution in [0.25, 0.3) is 0 Å². The van der Waals surface area contributed by atoms with Gasteiger partial charge in [0.2, 0.25) is 11.8 Å². The molecule has 2 amide bonds. The van der Waals surface area contributed by atoms with Gasteiger partial charge in [-0.3, -0.25) is 9.59 Å². The summed E-state index contributed by atoms with van der Waals surface area (Å²) < 4.78 is 0. The van der Waals surface area contributed by atoms with Gasteiger partial charge >= 0.3 is 0 Å². The molecule has 0 fully saturated rings. The van der Waals surface area contributed by atoms with E-state index in [2.05, 4.69) is 5.32 Å². The Balaban J connectivity index is 2.04. The van der Waals surface area contributed by atoms with Crippen LogP contribution in [0.3, 0.4) is 0 Å². The van der Waals surface area contributed by atoms with Crippen molar-refractivity contribution in [3.8, 4) is 0 Å². The van der Waals surface area contributed by atoms with Crippen molar-refractivity contribution in [2.24, 2.45) is 0 Å². The van der Waals surface area contributed by atoms with Gasteiger partial charge in [-0.05, 0) is 55.3 Å². The molecule has 2 rings (SSSR count). The number of carbonyl (C=O) groups is 2. The molecule has 0 bridgehead atoms. The van der Waals surface area contributed by atoms with Gasteiger partial charge in [0.1, 0.15) is 0 Å². The Bertz CT molecular complexity index is 786. The summed E-state index contributed by atoms with van der Waals surface area (Å²) in [4.78, 5) is 25.6. The first-order chi connectivity index (χ1) is 11.8. The molecule has 2 aromatic rings. The maximum Gasteiger partial charge on any atom is 0.226 e. The van der Waals surface area contributed by atoms with Crippen LogP contribution in [0.5, 0.6) is 0 Å². The van der Waals surface area contributed by atoms with Gasteiger partial charge in [0.25, 0.3) is 0 Å². The summed E-state index contributed by atoms with van der Waals surface area (Å²) in [6.45, 7) is 5.66. The highest BCUT2D eigenvalue weighted by Crippen LogP contribution is 2.27. The van der Waals surface area contributed by atoms with Crippen LogP contribution in [0.1, 0.15) is 24.5 Å². The van der Waals surface area contributed by atoms with E-state index in [-0.39, 0.29) is 24.8 Å². The highest BCUT2D eigenvalue weighted by atomic mass is 35.5. The Morgan fingerprint density at radius 3 is 2.20 bits per heavy atom. The number of hydrogen-bond acceptors (Lipinski definition) is 2. The minimum Gasteiger partial charge on any atom is -0.326 e. The van der Waals surface area contributed by atoms with Crippen LogP contribution in [-0.4, -0.2) is 18.4 Å². The average molecular weight is 379 g/mol. The van der Waals surface area contributed by atoms with Crippen molar-refractivity contribution in [1.82, 2.24) is 0 Å². The lowest BCUT2D eigenvalue weighted by Crippen LogP contribution is -2.32. The normalized spacial score (nSPS) is 10.4. The van der Waals surface area contributed by atoms with Gasteiger partial charge in [-0.1, -0.05) is 29.3 Å². The van der Waals surface area contributed by atoms with Gasteiger partial charge in [-0.15, -0.1) is 0 Å². The largest absolute Gasteiger partial charge is 0.326 e. The van der Waals surface area contributed by atoms with E-state index >= 15 is 0 Å². The molecule has 0 unspecified atom stereocenters. The summed E-state index contributed by atoms with van der Waals surface area (Å²) in [7, 11) is 0. The van der Waals surface area contributed by atoms with Crippen LogP contribution < -0.4 is 10.2 Å². The molecule has 0 spiro atoms. The molecule has 2 aromatic carbocycles. The molecule has 0 aromatic heterocycles. The van der Waals surface area contributed by atoms with Crippen molar-refractivity contribution in [2.75, 3.05) is 16.8 Å². The average Bonchev–Trinajstić information content (AvgIpc) is 2.49. The maximum absolute atomic E-state index is 12.2. The van der Waals surface area contributed by atoms with Gasteiger partial charge in [-0.25, -0.2) is 0 Å². The zero-order valence-electron chi connectivity index (χ0n) is 14.4. The van der Waals surface area contributed by atoms with E-state index in [1.165, 1.54) is 11.8 Å². The molecule has 0 aliphatic carbocycles. The lowest BCUT2D eigenvalue weighted by Gasteiger charge is -2.21. The zero-order valence-corrected chi connectivity index (χ0v) is 15.9. The number of nitrogens with zero attached hydrogens (tertiary/aromatic N) is 1. The lowest BCUT2D eigenvalue weighted by molar-refractivity contribution is -0.117. The molecule has 0 aliphatic heterocycles. The molecular formula is C19H20Cl2N2O2. The van der Waals surface area contributed by atoms with E-state index in [1.54, 1.807) is 18.2 Å². The summed E-state index contributed by atoms with van der Waals surface area (Å²) >= 11 is 11.9. The Morgan fingerprint density at radius 2 is 1.64 bits per heavy atom. The van der Waals surface area contributed by atoms with E-state index in [0.29, 0.717) is 15.7 Å². The van der Waals surface area contributed by atoms with E-state index < -0.39 is 0 Å². The van der Waals surface area contributed by atoms with Crippen molar-refractivity contribution in [3.05, 3.63) is 57.6 Å². The van der Waals surface area contributed by atoms with E-state index in [0.717, 1.165) is 16.8 Å². The van der Waals surface area contributed by atoms with E-state index in [4.69, 9.17) is 23.2 Å². The molecule has 0 saturated carbocycles. The smallest absolute Gasteiger partial charge is 0.226 e. The number of nitrogens with one attached hydrogen (secondary N) is 1. The Labute approximate surface area is 157 Å². The molecule has 6 heteroatoms. The third kappa shape index (κ3) is 5.48. The van der Waals surface area contributed by atoms with Gasteiger partial charge in [0, 0.05) is 31.3 Å². The minimum absolute atomic E-state index is 0.156. The maximum atomic E-state index is 12.2. The number of aryl methyl sites for hydroxylation is 2. The second kappa shape index (κ2) is 8.37. The molecule has 0 heterocycles. The summed E-state index contributed by atoms with van der Waals surface area (Å²) in [6, 6.07) is 10.8. The first kappa shape index (κ1) is 19.3. The summed E-state index contributed by atoms with van der Waals surface area (Å²) in [5.41, 5.74) is 3.53. The van der Waals surface area contributed by atoms with Crippen molar-refractivity contribution in [1.29, 1.82) is 0 Å². The van der Waals surface area contributed by atoms with Crippen LogP contribution in [0.2, 0.25) is 10.0 Å². The molecule has 4 nitrogen and oxygen atoms in total. The lowest BCUT2D eigenvalue weighted by atomic mass is 10.1. The topological polar surface area (TPSA) is 49.4 Å². The molecule has 1 N–H and O–H groups in total. The van der Waals surface area contributed by atoms with E-state index in [1.807, 2.05) is 32.0 Å². The first-order valence-electron chi connectivity index (χ1n) is 7.87. The van der Waals surface area contributed by atoms with Crippen molar-refractivity contribution < 1.29 is 9.59 Å². The van der Waals surface area contributed by atoms with Crippen molar-refractivity contribution >= 4 is 46.4 Å². The fraction of sp³-hybridized carbons (Fsp3) is 0.263. The number of carbonyl (C=O) groups excluding carboxylic acids is 2. The van der Waals surface area contributed by atoms with Crippen LogP contribution in [-0.2, 0) is 9.59 Å². The molecule has 132 valence electrons. The van der Waals surface area contributed by atoms with Crippen LogP contribution in [0.4, 0.5) is 11.4 Å². The molecule has 25 heavy (non-hydrogen) atoms. The van der Waals surface area contributed by atoms with Crippen molar-refractivity contribution in [3.63, 3.8) is 0 Å². The SMILES string of the molecule is CC(=O)N(CCC(=O)Nc1cc(C)cc(C)c1)c1ccc(Cl)c(Cl)c1. The zero-order chi connectivity index (χ0) is 18.6. The predicted molar refractivity (Wildman–Crippen MR) is 104 cm³/mol. The third-order valence-electron chi connectivity index (χ3n) is 3.66. The fourth-order valence-corrected chi connectivity index (χ4v) is 2.90. The monoisotopic (exact) mass is 378 g/mol. The number of benzene rings is 2. The van der Waals surface area contributed by atoms with Gasteiger partial charge in [-0.2, -0.15) is 0 Å². The van der Waals surface area contributed by atoms with Gasteiger partial charge in [0.15, 0.2) is 0 Å². The van der Waals surface area contributed by atoms with Crippen molar-refractivity contribution in [2.45, 2.75) is 27.2 Å². The summed E-state index contributed by atoms with van der Waals surface area (Å²) in [5, 5.41) is 3.65. The van der Waals surface area contributed by atoms with Crippen LogP contribution in [0, 0.1) is 13.8 Å². The fourth-order valence-electron chi connectivity index (χ4n) is 2.60. The number of rotatable bonds is 5. The standard InChI is InChI=1S/C19H20Cl2N2O2/c1-12-8-13(2)10-15(9-12)22-19(25)6-7-23(14(3)24)16-4-5-17(20)18(21)11-16/h4-5,8-11H,6-7H2,1-3H3,(H,22,25). The number of anilines is 2. The molecule has 0 atom stereocenters. The Morgan fingerprint density at radius 1 is 1.00 bits per heavy atom. The predicted octanol–water partition coefficient (Wildman–Crippen LogP) is 4.99. The summed E-state index contributed by atoms with van der Waals surface area (Å²) in [6.07, 6.45) is 0.173. The van der Waals surface area contributed by atoms with Gasteiger partial charge in [0.05, 0.1) is 10.0 Å². The van der Waals surface area contributed by atoms with Gasteiger partial charge < -0.3 is 10.2 Å². The minimum atomic E-state index is -0.169. The molecule has 0 saturated heterocycles. The third-order valence-corrected chi connectivity index (χ3v) is 4.40. The Kier molecular flexibility index (Phi) is 6.45. The number of amides is 2. The highest BCUT2D eigenvalue weighted by molar-refractivity contribution is 6.42. The first-order valence-corrected chi connectivity index (χ1v) is 8.63. The highest BCUT2D eigenvalue weighted by Gasteiger charge is 2.15. The quantitative estimate of drug-likeness (QED) is 0.796.